The summed E-state index contributed by atoms with van der Waals surface area (Å²) in [7, 11) is 0. The van der Waals surface area contributed by atoms with Crippen LogP contribution >= 0.6 is 0 Å². The fourth-order valence-corrected chi connectivity index (χ4v) is 5.58. The van der Waals surface area contributed by atoms with Crippen molar-refractivity contribution in [2.24, 2.45) is 0 Å². The van der Waals surface area contributed by atoms with E-state index < -0.39 is 30.2 Å². The Balaban J connectivity index is 1.70. The first-order chi connectivity index (χ1) is 23.3. The molecule has 2 amide bonds. The molecule has 0 unspecified atom stereocenters. The largest absolute Gasteiger partial charge is 0.507 e. The van der Waals surface area contributed by atoms with Crippen LogP contribution in [-0.4, -0.2) is 60.3 Å². The molecular formula is C41H62N2O8. The first-order valence-corrected chi connectivity index (χ1v) is 17.9. The highest BCUT2D eigenvalue weighted by molar-refractivity contribution is 5.96. The third kappa shape index (κ3) is 13.9. The lowest BCUT2D eigenvalue weighted by Gasteiger charge is -2.28. The van der Waals surface area contributed by atoms with Crippen LogP contribution in [0.5, 0.6) is 11.5 Å². The number of carbonyl (C=O) groups excluding carboxylic acids is 4. The molecule has 0 aromatic heterocycles. The molecule has 0 heterocycles. The predicted molar refractivity (Wildman–Crippen MR) is 200 cm³/mol. The van der Waals surface area contributed by atoms with Crippen molar-refractivity contribution >= 4 is 23.8 Å². The van der Waals surface area contributed by atoms with Crippen LogP contribution in [0.2, 0.25) is 0 Å². The Morgan fingerprint density at radius 1 is 0.529 bits per heavy atom. The molecule has 4 N–H and O–H groups in total. The second-order valence-electron chi connectivity index (χ2n) is 17.4. The van der Waals surface area contributed by atoms with Crippen LogP contribution in [0.4, 0.5) is 0 Å². The number of esters is 2. The maximum Gasteiger partial charge on any atom is 0.306 e. The molecule has 0 atom stereocenters. The summed E-state index contributed by atoms with van der Waals surface area (Å²) in [6.07, 6.45) is 0.768. The minimum atomic E-state index is -0.521. The number of aryl methyl sites for hydroxylation is 2. The second kappa shape index (κ2) is 17.4. The van der Waals surface area contributed by atoms with Gasteiger partial charge in [-0.2, -0.15) is 0 Å². The Morgan fingerprint density at radius 3 is 1.06 bits per heavy atom. The van der Waals surface area contributed by atoms with Crippen LogP contribution in [0.3, 0.4) is 0 Å². The van der Waals surface area contributed by atoms with Crippen molar-refractivity contribution in [3.05, 3.63) is 57.6 Å². The zero-order valence-corrected chi connectivity index (χ0v) is 33.0. The van der Waals surface area contributed by atoms with E-state index in [-0.39, 0.29) is 72.3 Å². The summed E-state index contributed by atoms with van der Waals surface area (Å²) in [5, 5.41) is 26.9. The maximum absolute atomic E-state index is 12.4. The first kappa shape index (κ1) is 43.1. The molecule has 0 saturated heterocycles. The smallest absolute Gasteiger partial charge is 0.306 e. The standard InChI is InChI=1S/C41H62N2O8/c1-38(2,3)28-21-26(22-29(36(28)48)39(4,5)6)13-15-34(46)50-19-17-42-32(44)25-33(45)43-18-20-51-35(47)16-14-27-23-30(40(7,8)9)37(49)31(24-27)41(10,11)12/h21-24,48-49H,13-20,25H2,1-12H3,(H,42,44)(H,43,45). The highest BCUT2D eigenvalue weighted by Crippen LogP contribution is 2.41. The molecule has 2 aromatic carbocycles. The van der Waals surface area contributed by atoms with E-state index in [0.29, 0.717) is 12.8 Å². The molecule has 0 aliphatic carbocycles. The molecule has 10 heteroatoms. The Morgan fingerprint density at radius 2 is 0.804 bits per heavy atom. The summed E-state index contributed by atoms with van der Waals surface area (Å²) in [4.78, 5) is 49.2. The number of aromatic hydroxyl groups is 2. The SMILES string of the molecule is CC(C)(C)c1cc(CCC(=O)OCCNC(=O)CC(=O)NCCOC(=O)CCc2cc(C(C)(C)C)c(O)c(C(C)(C)C)c2)cc(C(C)(C)C)c1O. The van der Waals surface area contributed by atoms with E-state index in [1.54, 1.807) is 0 Å². The van der Waals surface area contributed by atoms with Gasteiger partial charge in [0, 0.05) is 12.8 Å². The molecule has 0 saturated carbocycles. The first-order valence-electron chi connectivity index (χ1n) is 17.9. The van der Waals surface area contributed by atoms with Crippen LogP contribution in [0.25, 0.3) is 0 Å². The fraction of sp³-hybridized carbons (Fsp3) is 0.610. The van der Waals surface area contributed by atoms with Gasteiger partial charge in [0.15, 0.2) is 0 Å². The van der Waals surface area contributed by atoms with E-state index in [4.69, 9.17) is 9.47 Å². The quantitative estimate of drug-likeness (QED) is 0.0978. The molecule has 0 spiro atoms. The van der Waals surface area contributed by atoms with Crippen molar-refractivity contribution in [3.63, 3.8) is 0 Å². The number of phenolic OH excluding ortho intramolecular Hbond substituents is 2. The number of ether oxygens (including phenoxy) is 2. The normalized spacial score (nSPS) is 12.3. The van der Waals surface area contributed by atoms with Crippen LogP contribution < -0.4 is 10.6 Å². The minimum Gasteiger partial charge on any atom is -0.507 e. The average Bonchev–Trinajstić information content (AvgIpc) is 2.98. The second-order valence-corrected chi connectivity index (χ2v) is 17.4. The lowest BCUT2D eigenvalue weighted by Crippen LogP contribution is -2.35. The van der Waals surface area contributed by atoms with E-state index >= 15 is 0 Å². The zero-order valence-electron chi connectivity index (χ0n) is 33.0. The van der Waals surface area contributed by atoms with Gasteiger partial charge in [0.05, 0.1) is 13.1 Å². The predicted octanol–water partition coefficient (Wildman–Crippen LogP) is 6.56. The van der Waals surface area contributed by atoms with E-state index in [9.17, 15) is 29.4 Å². The minimum absolute atomic E-state index is 0.0304. The van der Waals surface area contributed by atoms with E-state index in [0.717, 1.165) is 33.4 Å². The van der Waals surface area contributed by atoms with Gasteiger partial charge in [0.25, 0.3) is 0 Å². The lowest BCUT2D eigenvalue weighted by atomic mass is 9.78. The van der Waals surface area contributed by atoms with Crippen molar-refractivity contribution in [1.29, 1.82) is 0 Å². The number of carbonyl (C=O) groups is 4. The number of benzene rings is 2. The van der Waals surface area contributed by atoms with Crippen molar-refractivity contribution in [1.82, 2.24) is 10.6 Å². The molecular weight excluding hydrogens is 648 g/mol. The number of rotatable bonds is 14. The third-order valence-electron chi connectivity index (χ3n) is 8.50. The van der Waals surface area contributed by atoms with Crippen LogP contribution in [0, 0.1) is 0 Å². The fourth-order valence-electron chi connectivity index (χ4n) is 5.58. The topological polar surface area (TPSA) is 151 Å². The van der Waals surface area contributed by atoms with E-state index in [2.05, 4.69) is 10.6 Å². The number of hydrogen-bond acceptors (Lipinski definition) is 8. The summed E-state index contributed by atoms with van der Waals surface area (Å²) in [6.45, 7) is 24.5. The van der Waals surface area contributed by atoms with Gasteiger partial charge >= 0.3 is 11.9 Å². The Kier molecular flexibility index (Phi) is 14.7. The van der Waals surface area contributed by atoms with Crippen LogP contribution in [-0.2, 0) is 63.2 Å². The average molecular weight is 711 g/mol. The maximum atomic E-state index is 12.4. The summed E-state index contributed by atoms with van der Waals surface area (Å²) in [5.74, 6) is -1.29. The van der Waals surface area contributed by atoms with Gasteiger partial charge in [-0.1, -0.05) is 107 Å². The van der Waals surface area contributed by atoms with Crippen molar-refractivity contribution in [2.45, 2.75) is 137 Å². The molecule has 0 radical (unpaired) electrons. The Labute approximate surface area is 305 Å². The number of nitrogens with one attached hydrogen (secondary N) is 2. The molecule has 0 aliphatic heterocycles. The Hall–Kier alpha value is -4.08. The lowest BCUT2D eigenvalue weighted by molar-refractivity contribution is -0.144. The van der Waals surface area contributed by atoms with Crippen molar-refractivity contribution in [3.8, 4) is 11.5 Å². The van der Waals surface area contributed by atoms with Gasteiger partial charge in [-0.05, 0) is 67.9 Å². The molecule has 0 bridgehead atoms. The third-order valence-corrected chi connectivity index (χ3v) is 8.50. The summed E-state index contributed by atoms with van der Waals surface area (Å²) in [5.41, 5.74) is 4.12. The van der Waals surface area contributed by atoms with Crippen molar-refractivity contribution < 1.29 is 38.9 Å². The van der Waals surface area contributed by atoms with Gasteiger partial charge in [-0.15, -0.1) is 0 Å². The van der Waals surface area contributed by atoms with Gasteiger partial charge < -0.3 is 30.3 Å². The van der Waals surface area contributed by atoms with Gasteiger partial charge in [-0.3, -0.25) is 19.2 Å². The summed E-state index contributed by atoms with van der Waals surface area (Å²) < 4.78 is 10.5. The van der Waals surface area contributed by atoms with Crippen LogP contribution in [0.1, 0.15) is 136 Å². The molecule has 51 heavy (non-hydrogen) atoms. The Bertz CT molecular complexity index is 1360. The monoisotopic (exact) mass is 710 g/mol. The summed E-state index contributed by atoms with van der Waals surface area (Å²) >= 11 is 0. The van der Waals surface area contributed by atoms with Gasteiger partial charge in [0.2, 0.25) is 11.8 Å². The molecule has 2 rings (SSSR count). The van der Waals surface area contributed by atoms with Gasteiger partial charge in [-0.25, -0.2) is 0 Å². The van der Waals surface area contributed by atoms with E-state index in [1.165, 1.54) is 0 Å². The molecule has 10 nitrogen and oxygen atoms in total. The highest BCUT2D eigenvalue weighted by Gasteiger charge is 2.28. The number of amides is 2. The van der Waals surface area contributed by atoms with E-state index in [1.807, 2.05) is 107 Å². The molecule has 284 valence electrons. The zero-order chi connectivity index (χ0) is 38.9. The van der Waals surface area contributed by atoms with Crippen molar-refractivity contribution in [2.75, 3.05) is 26.3 Å². The highest BCUT2D eigenvalue weighted by atomic mass is 16.5. The number of hydrogen-bond donors (Lipinski definition) is 4. The number of phenols is 2. The van der Waals surface area contributed by atoms with Gasteiger partial charge in [0.1, 0.15) is 31.1 Å². The molecule has 2 aromatic rings. The van der Waals surface area contributed by atoms with Crippen LogP contribution in [0.15, 0.2) is 24.3 Å². The molecule has 0 aliphatic rings. The summed E-state index contributed by atoms with van der Waals surface area (Å²) in [6, 6.07) is 7.77. The molecule has 0 fully saturated rings.